The molecule has 1 saturated heterocycles. The molecule has 22 heavy (non-hydrogen) atoms. The van der Waals surface area contributed by atoms with Crippen LogP contribution in [0.5, 0.6) is 0 Å². The summed E-state index contributed by atoms with van der Waals surface area (Å²) in [4.78, 5) is 6.31. The second kappa shape index (κ2) is 5.90. The zero-order valence-corrected chi connectivity index (χ0v) is 12.1. The monoisotopic (exact) mass is 311 g/mol. The minimum atomic E-state index is -1.21. The van der Waals surface area contributed by atoms with Crippen LogP contribution in [0.25, 0.3) is 0 Å². The Bertz CT molecular complexity index is 645. The summed E-state index contributed by atoms with van der Waals surface area (Å²) >= 11 is 0. The molecule has 1 fully saturated rings. The molecular formula is C15H16F3N3O. The molecule has 1 atom stereocenters. The molecule has 2 aliphatic rings. The minimum absolute atomic E-state index is 0.0487. The largest absolute Gasteiger partial charge is 0.473 e. The highest BCUT2D eigenvalue weighted by Gasteiger charge is 2.22. The number of aliphatic imine (C=N–C) groups is 1. The van der Waals surface area contributed by atoms with Gasteiger partial charge in [-0.05, 0) is 19.4 Å². The number of fused-ring (bicyclic) bond motifs is 1. The third-order valence-electron chi connectivity index (χ3n) is 3.69. The topological polar surface area (TPSA) is 36.9 Å². The number of halogens is 3. The van der Waals surface area contributed by atoms with Crippen LogP contribution < -0.4 is 5.32 Å². The van der Waals surface area contributed by atoms with Gasteiger partial charge in [-0.3, -0.25) is 0 Å². The predicted molar refractivity (Wildman–Crippen MR) is 75.4 cm³/mol. The van der Waals surface area contributed by atoms with Crippen LogP contribution in [0, 0.1) is 17.5 Å². The summed E-state index contributed by atoms with van der Waals surface area (Å²) in [5.74, 6) is -1.90. The summed E-state index contributed by atoms with van der Waals surface area (Å²) < 4.78 is 45.0. The van der Waals surface area contributed by atoms with E-state index >= 15 is 0 Å². The summed E-state index contributed by atoms with van der Waals surface area (Å²) in [6.45, 7) is 3.25. The number of hydrogen-bond acceptors (Lipinski definition) is 4. The molecule has 1 aromatic carbocycles. The second-order valence-electron chi connectivity index (χ2n) is 5.41. The van der Waals surface area contributed by atoms with Gasteiger partial charge in [0, 0.05) is 30.3 Å². The molecule has 2 aliphatic heterocycles. The van der Waals surface area contributed by atoms with Crippen molar-refractivity contribution in [3.8, 4) is 0 Å². The number of benzene rings is 1. The smallest absolute Gasteiger partial charge is 0.214 e. The molecule has 3 rings (SSSR count). The quantitative estimate of drug-likeness (QED) is 0.853. The van der Waals surface area contributed by atoms with Crippen LogP contribution in [0.15, 0.2) is 29.0 Å². The van der Waals surface area contributed by atoms with E-state index in [-0.39, 0.29) is 12.2 Å². The summed E-state index contributed by atoms with van der Waals surface area (Å²) in [6, 6.07) is 1.68. The van der Waals surface area contributed by atoms with Crippen molar-refractivity contribution in [3.63, 3.8) is 0 Å². The van der Waals surface area contributed by atoms with E-state index in [1.54, 1.807) is 6.08 Å². The Labute approximate surface area is 126 Å². The molecule has 7 heteroatoms. The molecule has 1 N–H and O–H groups in total. The van der Waals surface area contributed by atoms with Crippen LogP contribution in [0.1, 0.15) is 18.9 Å². The first kappa shape index (κ1) is 14.7. The Morgan fingerprint density at radius 1 is 1.27 bits per heavy atom. The summed E-state index contributed by atoms with van der Waals surface area (Å²) in [6.07, 6.45) is 2.76. The third kappa shape index (κ3) is 3.03. The number of nitrogens with one attached hydrogen (secondary N) is 1. The first-order valence-corrected chi connectivity index (χ1v) is 7.07. The number of nitrogens with zero attached hydrogens (tertiary/aromatic N) is 2. The Morgan fingerprint density at radius 2 is 2.05 bits per heavy atom. The highest BCUT2D eigenvalue weighted by molar-refractivity contribution is 5.88. The van der Waals surface area contributed by atoms with Gasteiger partial charge in [-0.2, -0.15) is 0 Å². The summed E-state index contributed by atoms with van der Waals surface area (Å²) in [5, 5.41) is 3.32. The van der Waals surface area contributed by atoms with Gasteiger partial charge in [-0.25, -0.2) is 18.2 Å². The highest BCUT2D eigenvalue weighted by atomic mass is 19.2. The van der Waals surface area contributed by atoms with E-state index in [1.807, 2.05) is 0 Å². The molecule has 0 radical (unpaired) electrons. The van der Waals surface area contributed by atoms with E-state index in [0.29, 0.717) is 24.7 Å². The van der Waals surface area contributed by atoms with Gasteiger partial charge in [-0.15, -0.1) is 0 Å². The lowest BCUT2D eigenvalue weighted by molar-refractivity contribution is 0.236. The molecule has 4 nitrogen and oxygen atoms in total. The van der Waals surface area contributed by atoms with Crippen LogP contribution in [0.3, 0.4) is 0 Å². The van der Waals surface area contributed by atoms with Crippen LogP contribution in [0.4, 0.5) is 13.2 Å². The lowest BCUT2D eigenvalue weighted by Gasteiger charge is -2.36. The molecule has 0 aliphatic carbocycles. The van der Waals surface area contributed by atoms with Crippen molar-refractivity contribution in [1.29, 1.82) is 0 Å². The van der Waals surface area contributed by atoms with Gasteiger partial charge in [0.2, 0.25) is 5.90 Å². The third-order valence-corrected chi connectivity index (χ3v) is 3.69. The van der Waals surface area contributed by atoms with Crippen LogP contribution >= 0.6 is 0 Å². The van der Waals surface area contributed by atoms with E-state index in [2.05, 4.69) is 22.1 Å². The molecule has 0 aromatic heterocycles. The van der Waals surface area contributed by atoms with Gasteiger partial charge < -0.3 is 15.0 Å². The van der Waals surface area contributed by atoms with Crippen molar-refractivity contribution in [2.45, 2.75) is 26.0 Å². The Kier molecular flexibility index (Phi) is 3.96. The van der Waals surface area contributed by atoms with Crippen LogP contribution in [-0.2, 0) is 11.3 Å². The fourth-order valence-corrected chi connectivity index (χ4v) is 2.40. The number of ether oxygens (including phenoxy) is 1. The molecule has 0 amide bonds. The predicted octanol–water partition coefficient (Wildman–Crippen LogP) is 2.52. The Balaban J connectivity index is 1.67. The number of rotatable bonds is 2. The van der Waals surface area contributed by atoms with Crippen molar-refractivity contribution >= 4 is 5.90 Å². The maximum absolute atomic E-state index is 13.5. The first-order valence-electron chi connectivity index (χ1n) is 7.07. The van der Waals surface area contributed by atoms with Gasteiger partial charge in [0.25, 0.3) is 0 Å². The average Bonchev–Trinajstić information content (AvgIpc) is 2.49. The zero-order valence-electron chi connectivity index (χ0n) is 12.1. The van der Waals surface area contributed by atoms with Crippen molar-refractivity contribution in [3.05, 3.63) is 47.0 Å². The Hall–Kier alpha value is -2.18. The van der Waals surface area contributed by atoms with Gasteiger partial charge in [0.15, 0.2) is 11.6 Å². The fraction of sp³-hybridized carbons (Fsp3) is 0.400. The molecule has 0 saturated carbocycles. The van der Waals surface area contributed by atoms with E-state index in [0.717, 1.165) is 24.9 Å². The lowest BCUT2D eigenvalue weighted by atomic mass is 10.1. The van der Waals surface area contributed by atoms with Crippen molar-refractivity contribution in [2.75, 3.05) is 13.2 Å². The fourth-order valence-electron chi connectivity index (χ4n) is 2.40. The lowest BCUT2D eigenvalue weighted by Crippen LogP contribution is -2.46. The molecular weight excluding hydrogens is 295 g/mol. The molecule has 0 spiro atoms. The standard InChI is InChI=1S/C15H16F3N3O/c1-9-2-3-21-8-19-15(6-14(21)20-9)22-7-10-4-12(17)13(18)5-11(10)16/h4-6,9,20H,2-3,7-8H2,1H3/t9-/m1/s1. The highest BCUT2D eigenvalue weighted by Crippen LogP contribution is 2.18. The van der Waals surface area contributed by atoms with E-state index < -0.39 is 17.5 Å². The molecule has 118 valence electrons. The zero-order chi connectivity index (χ0) is 15.7. The van der Waals surface area contributed by atoms with Crippen molar-refractivity contribution in [2.24, 2.45) is 4.99 Å². The van der Waals surface area contributed by atoms with E-state index in [1.165, 1.54) is 0 Å². The second-order valence-corrected chi connectivity index (χ2v) is 5.41. The maximum Gasteiger partial charge on any atom is 0.214 e. The van der Waals surface area contributed by atoms with Crippen LogP contribution in [-0.4, -0.2) is 30.1 Å². The van der Waals surface area contributed by atoms with Gasteiger partial charge >= 0.3 is 0 Å². The summed E-state index contributed by atoms with van der Waals surface area (Å²) in [5.41, 5.74) is -0.0487. The minimum Gasteiger partial charge on any atom is -0.473 e. The average molecular weight is 311 g/mol. The summed E-state index contributed by atoms with van der Waals surface area (Å²) in [7, 11) is 0. The molecule has 0 bridgehead atoms. The number of hydrogen-bond donors (Lipinski definition) is 1. The molecule has 0 unspecified atom stereocenters. The van der Waals surface area contributed by atoms with Gasteiger partial charge in [0.1, 0.15) is 24.9 Å². The van der Waals surface area contributed by atoms with E-state index in [9.17, 15) is 13.2 Å². The SMILES string of the molecule is C[C@@H]1CCN2CN=C(OCc3cc(F)c(F)cc3F)C=C2N1. The maximum atomic E-state index is 13.5. The first-order chi connectivity index (χ1) is 10.5. The van der Waals surface area contributed by atoms with Gasteiger partial charge in [-0.1, -0.05) is 0 Å². The molecule has 2 heterocycles. The Morgan fingerprint density at radius 3 is 2.86 bits per heavy atom. The normalized spacial score (nSPS) is 20.7. The van der Waals surface area contributed by atoms with Crippen molar-refractivity contribution in [1.82, 2.24) is 10.2 Å². The van der Waals surface area contributed by atoms with Crippen LogP contribution in [0.2, 0.25) is 0 Å². The van der Waals surface area contributed by atoms with Gasteiger partial charge in [0.05, 0.1) is 0 Å². The molecule has 1 aromatic rings. The van der Waals surface area contributed by atoms with Crippen molar-refractivity contribution < 1.29 is 17.9 Å². The van der Waals surface area contributed by atoms with E-state index in [4.69, 9.17) is 4.74 Å².